The van der Waals surface area contributed by atoms with Crippen LogP contribution in [0.3, 0.4) is 0 Å². The lowest BCUT2D eigenvalue weighted by atomic mass is 10.2. The molecule has 2 aliphatic rings. The molecule has 0 bridgehead atoms. The van der Waals surface area contributed by atoms with Crippen molar-refractivity contribution >= 4 is 46.5 Å². The monoisotopic (exact) mass is 423 g/mol. The lowest BCUT2D eigenvalue weighted by Gasteiger charge is -2.30. The van der Waals surface area contributed by atoms with Crippen molar-refractivity contribution in [2.45, 2.75) is 13.0 Å². The average molecular weight is 424 g/mol. The average Bonchev–Trinajstić information content (AvgIpc) is 2.91. The van der Waals surface area contributed by atoms with Crippen molar-refractivity contribution in [1.29, 1.82) is 0 Å². The summed E-state index contributed by atoms with van der Waals surface area (Å²) in [4.78, 5) is 40.2. The molecule has 0 radical (unpaired) electrons. The van der Waals surface area contributed by atoms with Crippen LogP contribution in [0.15, 0.2) is 29.2 Å². The molecule has 7 nitrogen and oxygen atoms in total. The number of rotatable bonds is 6. The minimum atomic E-state index is -0.369. The van der Waals surface area contributed by atoms with Crippen LogP contribution in [0.2, 0.25) is 5.02 Å². The number of hydrogen-bond donors (Lipinski definition) is 1. The van der Waals surface area contributed by atoms with Gasteiger partial charge in [0.25, 0.3) is 11.1 Å². The van der Waals surface area contributed by atoms with E-state index in [-0.39, 0.29) is 42.8 Å². The summed E-state index contributed by atoms with van der Waals surface area (Å²) >= 11 is 6.99. The van der Waals surface area contributed by atoms with Gasteiger partial charge in [-0.1, -0.05) is 29.8 Å². The predicted octanol–water partition coefficient (Wildman–Crippen LogP) is 2.21. The summed E-state index contributed by atoms with van der Waals surface area (Å²) in [6, 6.07) is 7.11. The van der Waals surface area contributed by atoms with Gasteiger partial charge in [-0.25, -0.2) is 0 Å². The van der Waals surface area contributed by atoms with Gasteiger partial charge < -0.3 is 10.1 Å². The molecule has 2 heterocycles. The minimum Gasteiger partial charge on any atom is -0.376 e. The van der Waals surface area contributed by atoms with E-state index in [2.05, 4.69) is 5.32 Å². The Labute approximate surface area is 173 Å². The van der Waals surface area contributed by atoms with E-state index in [4.69, 9.17) is 16.3 Å². The molecule has 0 saturated carbocycles. The first kappa shape index (κ1) is 20.9. The summed E-state index contributed by atoms with van der Waals surface area (Å²) in [5.74, 6) is -0.501. The Bertz CT molecular complexity index is 801. The zero-order valence-electron chi connectivity index (χ0n) is 15.5. The molecule has 1 atom stereocenters. The Morgan fingerprint density at radius 3 is 2.93 bits per heavy atom. The summed E-state index contributed by atoms with van der Waals surface area (Å²) in [5.41, 5.74) is 0.683. The van der Waals surface area contributed by atoms with Gasteiger partial charge in [-0.05, 0) is 36.4 Å². The molecule has 2 fully saturated rings. The van der Waals surface area contributed by atoms with Crippen molar-refractivity contribution in [3.05, 3.63) is 39.8 Å². The minimum absolute atomic E-state index is 0.113. The number of carbonyl (C=O) groups is 3. The van der Waals surface area contributed by atoms with Gasteiger partial charge in [0.05, 0.1) is 24.2 Å². The van der Waals surface area contributed by atoms with E-state index in [1.54, 1.807) is 24.3 Å². The van der Waals surface area contributed by atoms with E-state index >= 15 is 0 Å². The lowest BCUT2D eigenvalue weighted by Crippen LogP contribution is -2.47. The fraction of sp³-hybridized carbons (Fsp3) is 0.421. The van der Waals surface area contributed by atoms with Crippen LogP contribution in [0.25, 0.3) is 6.08 Å². The van der Waals surface area contributed by atoms with E-state index in [1.165, 1.54) is 0 Å². The second-order valence-corrected chi connectivity index (χ2v) is 8.02. The van der Waals surface area contributed by atoms with E-state index in [0.29, 0.717) is 35.2 Å². The highest BCUT2D eigenvalue weighted by Crippen LogP contribution is 2.33. The number of ether oxygens (including phenoxy) is 1. The van der Waals surface area contributed by atoms with Crippen molar-refractivity contribution in [2.24, 2.45) is 0 Å². The second-order valence-electron chi connectivity index (χ2n) is 6.62. The number of carbonyl (C=O) groups excluding carboxylic acids is 3. The van der Waals surface area contributed by atoms with Gasteiger partial charge in [0.15, 0.2) is 0 Å². The zero-order valence-corrected chi connectivity index (χ0v) is 17.1. The Balaban J connectivity index is 1.49. The number of nitrogens with one attached hydrogen (secondary N) is 1. The molecular formula is C19H22ClN3O4S. The van der Waals surface area contributed by atoms with E-state index < -0.39 is 0 Å². The Morgan fingerprint density at radius 1 is 1.39 bits per heavy atom. The van der Waals surface area contributed by atoms with Crippen LogP contribution in [0, 0.1) is 0 Å². The van der Waals surface area contributed by atoms with E-state index in [1.807, 2.05) is 17.9 Å². The summed E-state index contributed by atoms with van der Waals surface area (Å²) in [7, 11) is 0. The van der Waals surface area contributed by atoms with E-state index in [9.17, 15) is 14.4 Å². The van der Waals surface area contributed by atoms with E-state index in [0.717, 1.165) is 16.7 Å². The van der Waals surface area contributed by atoms with Gasteiger partial charge in [-0.2, -0.15) is 0 Å². The third kappa shape index (κ3) is 5.35. The van der Waals surface area contributed by atoms with Crippen LogP contribution in [-0.4, -0.2) is 72.3 Å². The van der Waals surface area contributed by atoms with Crippen molar-refractivity contribution in [3.8, 4) is 0 Å². The van der Waals surface area contributed by atoms with Crippen LogP contribution in [0.1, 0.15) is 12.5 Å². The predicted molar refractivity (Wildman–Crippen MR) is 109 cm³/mol. The van der Waals surface area contributed by atoms with Crippen LogP contribution < -0.4 is 5.32 Å². The first-order valence-corrected chi connectivity index (χ1v) is 10.2. The first-order chi connectivity index (χ1) is 13.4. The summed E-state index contributed by atoms with van der Waals surface area (Å²) in [5, 5.41) is 2.93. The highest BCUT2D eigenvalue weighted by Gasteiger charge is 2.34. The third-order valence-electron chi connectivity index (χ3n) is 4.42. The molecule has 0 aromatic heterocycles. The molecule has 0 aliphatic carbocycles. The van der Waals surface area contributed by atoms with Gasteiger partial charge in [0, 0.05) is 31.2 Å². The van der Waals surface area contributed by atoms with Crippen LogP contribution in [0.5, 0.6) is 0 Å². The van der Waals surface area contributed by atoms with Crippen molar-refractivity contribution in [1.82, 2.24) is 15.1 Å². The molecule has 1 aromatic carbocycles. The molecule has 0 spiro atoms. The van der Waals surface area contributed by atoms with Gasteiger partial charge in [-0.15, -0.1) is 0 Å². The van der Waals surface area contributed by atoms with Crippen molar-refractivity contribution < 1.29 is 19.1 Å². The maximum atomic E-state index is 12.5. The molecule has 1 unspecified atom stereocenters. The molecule has 9 heteroatoms. The largest absolute Gasteiger partial charge is 0.376 e. The third-order valence-corrected chi connectivity index (χ3v) is 5.67. The molecule has 150 valence electrons. The molecule has 1 aromatic rings. The van der Waals surface area contributed by atoms with Gasteiger partial charge in [0.2, 0.25) is 5.91 Å². The fourth-order valence-corrected chi connectivity index (χ4v) is 4.07. The van der Waals surface area contributed by atoms with Crippen molar-refractivity contribution in [2.75, 3.05) is 39.3 Å². The van der Waals surface area contributed by atoms with Crippen LogP contribution in [0.4, 0.5) is 4.79 Å². The second kappa shape index (κ2) is 9.56. The van der Waals surface area contributed by atoms with Gasteiger partial charge >= 0.3 is 0 Å². The number of halogens is 1. The Kier molecular flexibility index (Phi) is 7.12. The Morgan fingerprint density at radius 2 is 2.18 bits per heavy atom. The number of hydrogen-bond acceptors (Lipinski definition) is 6. The zero-order chi connectivity index (χ0) is 20.1. The molecule has 2 saturated heterocycles. The summed E-state index contributed by atoms with van der Waals surface area (Å²) in [6.07, 6.45) is 1.73. The smallest absolute Gasteiger partial charge is 0.293 e. The number of imide groups is 1. The van der Waals surface area contributed by atoms with Gasteiger partial charge in [0.1, 0.15) is 0 Å². The number of benzene rings is 1. The summed E-state index contributed by atoms with van der Waals surface area (Å²) in [6.45, 7) is 4.65. The van der Waals surface area contributed by atoms with Crippen molar-refractivity contribution in [3.63, 3.8) is 0 Å². The summed E-state index contributed by atoms with van der Waals surface area (Å²) < 4.78 is 5.45. The standard InChI is InChI=1S/C19H22ClN3O4S/c1-13-11-22(8-9-27-13)12-17(24)21-6-7-23-18(25)16(28-19(23)26)10-14-4-2-3-5-15(14)20/h2-5,10,13H,6-9,11-12H2,1H3,(H,21,24)/b16-10-. The lowest BCUT2D eigenvalue weighted by molar-refractivity contribution is -0.125. The fourth-order valence-electron chi connectivity index (χ4n) is 3.03. The molecule has 2 aliphatic heterocycles. The topological polar surface area (TPSA) is 79.0 Å². The highest BCUT2D eigenvalue weighted by molar-refractivity contribution is 8.18. The molecular weight excluding hydrogens is 402 g/mol. The van der Waals surface area contributed by atoms with Gasteiger partial charge in [-0.3, -0.25) is 24.2 Å². The number of amides is 3. The van der Waals surface area contributed by atoms with Crippen LogP contribution in [-0.2, 0) is 14.3 Å². The number of nitrogens with zero attached hydrogens (tertiary/aromatic N) is 2. The maximum absolute atomic E-state index is 12.5. The molecule has 28 heavy (non-hydrogen) atoms. The molecule has 3 amide bonds. The normalized spacial score (nSPS) is 22.1. The maximum Gasteiger partial charge on any atom is 0.293 e. The SMILES string of the molecule is CC1CN(CC(=O)NCCN2C(=O)S/C(=C\c3ccccc3Cl)C2=O)CCO1. The quantitative estimate of drug-likeness (QED) is 0.707. The first-order valence-electron chi connectivity index (χ1n) is 9.04. The highest BCUT2D eigenvalue weighted by atomic mass is 35.5. The Hall–Kier alpha value is -1.87. The molecule has 3 rings (SSSR count). The molecule has 1 N–H and O–H groups in total. The van der Waals surface area contributed by atoms with Crippen LogP contribution >= 0.6 is 23.4 Å². The number of thioether (sulfide) groups is 1. The number of morpholine rings is 1.